The fraction of sp³-hybridized carbons (Fsp3) is 0.467. The first-order valence-corrected chi connectivity index (χ1v) is 7.35. The third-order valence-corrected chi connectivity index (χ3v) is 3.90. The summed E-state index contributed by atoms with van der Waals surface area (Å²) in [5.41, 5.74) is 1.14. The van der Waals surface area contributed by atoms with Gasteiger partial charge < -0.3 is 4.74 Å². The van der Waals surface area contributed by atoms with E-state index in [4.69, 9.17) is 4.74 Å². The molecule has 1 aromatic rings. The van der Waals surface area contributed by atoms with Crippen LogP contribution >= 0.6 is 15.9 Å². The maximum Gasteiger partial charge on any atom is 0.309 e. The van der Waals surface area contributed by atoms with Crippen molar-refractivity contribution in [3.05, 3.63) is 34.3 Å². The van der Waals surface area contributed by atoms with E-state index in [1.165, 1.54) is 0 Å². The van der Waals surface area contributed by atoms with Crippen molar-refractivity contribution in [2.45, 2.75) is 26.2 Å². The summed E-state index contributed by atoms with van der Waals surface area (Å²) >= 11 is 3.38. The number of benzene rings is 1. The molecule has 2 rings (SSSR count). The average Bonchev–Trinajstić information content (AvgIpc) is 3.18. The minimum Gasteiger partial charge on any atom is -0.466 e. The first-order chi connectivity index (χ1) is 9.11. The molecule has 0 radical (unpaired) electrons. The molecule has 0 N–H and O–H groups in total. The summed E-state index contributed by atoms with van der Waals surface area (Å²) in [5.74, 6) is -0.322. The van der Waals surface area contributed by atoms with Crippen LogP contribution in [0.25, 0.3) is 0 Å². The fourth-order valence-corrected chi connectivity index (χ4v) is 2.43. The lowest BCUT2D eigenvalue weighted by atomic mass is 10.0. The Balaban J connectivity index is 1.77. The van der Waals surface area contributed by atoms with E-state index in [2.05, 4.69) is 15.9 Å². The highest BCUT2D eigenvalue weighted by atomic mass is 79.9. The Morgan fingerprint density at radius 1 is 1.26 bits per heavy atom. The minimum atomic E-state index is -0.218. The molecule has 3 nitrogen and oxygen atoms in total. The minimum absolute atomic E-state index is 0.102. The van der Waals surface area contributed by atoms with Crippen molar-refractivity contribution in [2.75, 3.05) is 6.61 Å². The lowest BCUT2D eigenvalue weighted by Crippen LogP contribution is -2.12. The van der Waals surface area contributed by atoms with E-state index >= 15 is 0 Å². The van der Waals surface area contributed by atoms with Gasteiger partial charge in [-0.1, -0.05) is 28.1 Å². The molecule has 1 aromatic carbocycles. The quantitative estimate of drug-likeness (QED) is 0.755. The van der Waals surface area contributed by atoms with Crippen molar-refractivity contribution >= 4 is 27.7 Å². The number of rotatable bonds is 6. The Labute approximate surface area is 121 Å². The standard InChI is InChI=1S/C15H17BrO3/c1-2-19-15(18)13-9-12(13)14(17)8-5-10-3-6-11(16)7-4-10/h3-4,6-7,12-13H,2,5,8-9H2,1H3/t12-,13-/m0/s1. The Bertz CT molecular complexity index is 467. The van der Waals surface area contributed by atoms with Crippen LogP contribution in [0.1, 0.15) is 25.3 Å². The summed E-state index contributed by atoms with van der Waals surface area (Å²) in [6, 6.07) is 7.96. The predicted octanol–water partition coefficient (Wildman–Crippen LogP) is 3.15. The lowest BCUT2D eigenvalue weighted by molar-refractivity contribution is -0.145. The highest BCUT2D eigenvalue weighted by Gasteiger charge is 2.48. The van der Waals surface area contributed by atoms with Crippen molar-refractivity contribution in [1.29, 1.82) is 0 Å². The maximum absolute atomic E-state index is 11.9. The number of ketones is 1. The van der Waals surface area contributed by atoms with E-state index in [-0.39, 0.29) is 23.6 Å². The normalized spacial score (nSPS) is 20.9. The molecule has 19 heavy (non-hydrogen) atoms. The summed E-state index contributed by atoms with van der Waals surface area (Å²) < 4.78 is 5.96. The second-order valence-electron chi connectivity index (χ2n) is 4.79. The van der Waals surface area contributed by atoms with Gasteiger partial charge >= 0.3 is 5.97 Å². The molecule has 4 heteroatoms. The van der Waals surface area contributed by atoms with Gasteiger partial charge in [0.1, 0.15) is 5.78 Å². The Morgan fingerprint density at radius 3 is 2.58 bits per heavy atom. The zero-order valence-electron chi connectivity index (χ0n) is 10.9. The zero-order chi connectivity index (χ0) is 13.8. The average molecular weight is 325 g/mol. The van der Waals surface area contributed by atoms with Crippen molar-refractivity contribution in [1.82, 2.24) is 0 Å². The summed E-state index contributed by atoms with van der Waals surface area (Å²) in [6.07, 6.45) is 1.90. The predicted molar refractivity (Wildman–Crippen MR) is 75.7 cm³/mol. The van der Waals surface area contributed by atoms with Crippen LogP contribution in [-0.4, -0.2) is 18.4 Å². The zero-order valence-corrected chi connectivity index (χ0v) is 12.5. The number of ether oxygens (including phenoxy) is 1. The van der Waals surface area contributed by atoms with Crippen LogP contribution < -0.4 is 0 Å². The fourth-order valence-electron chi connectivity index (χ4n) is 2.16. The highest BCUT2D eigenvalue weighted by Crippen LogP contribution is 2.41. The van der Waals surface area contributed by atoms with Crippen LogP contribution in [0.15, 0.2) is 28.7 Å². The van der Waals surface area contributed by atoms with E-state index in [0.717, 1.165) is 16.5 Å². The van der Waals surface area contributed by atoms with Crippen molar-refractivity contribution in [3.8, 4) is 0 Å². The molecule has 0 amide bonds. The van der Waals surface area contributed by atoms with Crippen molar-refractivity contribution in [3.63, 3.8) is 0 Å². The molecular formula is C15H17BrO3. The molecule has 1 aliphatic rings. The third kappa shape index (κ3) is 3.90. The number of esters is 1. The van der Waals surface area contributed by atoms with Gasteiger partial charge in [0.15, 0.2) is 0 Å². The molecule has 0 aliphatic heterocycles. The van der Waals surface area contributed by atoms with Gasteiger partial charge in [0.2, 0.25) is 0 Å². The Hall–Kier alpha value is -1.16. The van der Waals surface area contributed by atoms with Gasteiger partial charge in [0.05, 0.1) is 12.5 Å². The molecule has 0 bridgehead atoms. The van der Waals surface area contributed by atoms with Gasteiger partial charge in [-0.25, -0.2) is 0 Å². The van der Waals surface area contributed by atoms with Crippen molar-refractivity contribution < 1.29 is 14.3 Å². The second kappa shape index (κ2) is 6.33. The van der Waals surface area contributed by atoms with E-state index in [1.54, 1.807) is 6.92 Å². The monoisotopic (exact) mass is 324 g/mol. The van der Waals surface area contributed by atoms with E-state index in [1.807, 2.05) is 24.3 Å². The molecule has 0 heterocycles. The van der Waals surface area contributed by atoms with Gasteiger partial charge in [0, 0.05) is 16.8 Å². The van der Waals surface area contributed by atoms with Crippen LogP contribution in [0.4, 0.5) is 0 Å². The number of hydrogen-bond acceptors (Lipinski definition) is 3. The van der Waals surface area contributed by atoms with Gasteiger partial charge in [-0.2, -0.15) is 0 Å². The van der Waals surface area contributed by atoms with Crippen LogP contribution in [-0.2, 0) is 20.7 Å². The number of hydrogen-bond donors (Lipinski definition) is 0. The molecule has 0 spiro atoms. The van der Waals surface area contributed by atoms with Gasteiger partial charge in [-0.15, -0.1) is 0 Å². The van der Waals surface area contributed by atoms with Crippen LogP contribution in [0.5, 0.6) is 0 Å². The molecular weight excluding hydrogens is 308 g/mol. The molecule has 102 valence electrons. The second-order valence-corrected chi connectivity index (χ2v) is 5.71. The SMILES string of the molecule is CCOC(=O)[C@H]1C[C@@H]1C(=O)CCc1ccc(Br)cc1. The van der Waals surface area contributed by atoms with Crippen LogP contribution in [0, 0.1) is 11.8 Å². The van der Waals surface area contributed by atoms with Gasteiger partial charge in [-0.05, 0) is 37.5 Å². The Kier molecular flexibility index (Phi) is 4.75. The molecule has 1 saturated carbocycles. The molecule has 1 fully saturated rings. The first kappa shape index (κ1) is 14.3. The topological polar surface area (TPSA) is 43.4 Å². The lowest BCUT2D eigenvalue weighted by Gasteiger charge is -2.02. The maximum atomic E-state index is 11.9. The molecule has 0 unspecified atom stereocenters. The summed E-state index contributed by atoms with van der Waals surface area (Å²) in [5, 5.41) is 0. The smallest absolute Gasteiger partial charge is 0.309 e. The number of halogens is 1. The van der Waals surface area contributed by atoms with E-state index in [9.17, 15) is 9.59 Å². The number of carbonyl (C=O) groups excluding carboxylic acids is 2. The van der Waals surface area contributed by atoms with Crippen molar-refractivity contribution in [2.24, 2.45) is 11.8 Å². The highest BCUT2D eigenvalue weighted by molar-refractivity contribution is 9.10. The summed E-state index contributed by atoms with van der Waals surface area (Å²) in [4.78, 5) is 23.4. The molecule has 1 aliphatic carbocycles. The van der Waals surface area contributed by atoms with Crippen LogP contribution in [0.2, 0.25) is 0 Å². The third-order valence-electron chi connectivity index (χ3n) is 3.37. The largest absolute Gasteiger partial charge is 0.466 e. The number of Topliss-reactive ketones (excluding diaryl/α,β-unsaturated/α-hetero) is 1. The van der Waals surface area contributed by atoms with Crippen LogP contribution in [0.3, 0.4) is 0 Å². The van der Waals surface area contributed by atoms with E-state index in [0.29, 0.717) is 19.4 Å². The van der Waals surface area contributed by atoms with Gasteiger partial charge in [-0.3, -0.25) is 9.59 Å². The summed E-state index contributed by atoms with van der Waals surface area (Å²) in [6.45, 7) is 2.17. The number of carbonyl (C=O) groups is 2. The first-order valence-electron chi connectivity index (χ1n) is 6.55. The molecule has 2 atom stereocenters. The molecule has 0 aromatic heterocycles. The van der Waals surface area contributed by atoms with E-state index < -0.39 is 0 Å². The molecule has 0 saturated heterocycles. The number of aryl methyl sites for hydroxylation is 1. The Morgan fingerprint density at radius 2 is 1.95 bits per heavy atom. The summed E-state index contributed by atoms with van der Waals surface area (Å²) in [7, 11) is 0. The van der Waals surface area contributed by atoms with Gasteiger partial charge in [0.25, 0.3) is 0 Å².